The second-order valence-electron chi connectivity index (χ2n) is 6.74. The molecule has 0 unspecified atom stereocenters. The molecule has 164 valence electrons. The largest absolute Gasteiger partial charge is 0.462 e. The first kappa shape index (κ1) is 22.5. The zero-order chi connectivity index (χ0) is 21.7. The van der Waals surface area contributed by atoms with Crippen LogP contribution in [0.1, 0.15) is 53.2 Å². The Morgan fingerprint density at radius 3 is 2.83 bits per heavy atom. The van der Waals surface area contributed by atoms with Gasteiger partial charge in [-0.15, -0.1) is 0 Å². The lowest BCUT2D eigenvalue weighted by Crippen LogP contribution is -2.55. The molecule has 1 aliphatic heterocycles. The van der Waals surface area contributed by atoms with Gasteiger partial charge in [0, 0.05) is 19.7 Å². The molecule has 1 fully saturated rings. The minimum absolute atomic E-state index is 0.174. The van der Waals surface area contributed by atoms with Crippen LogP contribution in [-0.2, 0) is 15.9 Å². The Morgan fingerprint density at radius 2 is 2.17 bits per heavy atom. The van der Waals surface area contributed by atoms with E-state index < -0.39 is 0 Å². The number of hydrogen-bond acceptors (Lipinski definition) is 8. The number of nitrogens with zero attached hydrogens (tertiary/aromatic N) is 3. The number of thiazole rings is 1. The number of ether oxygens (including phenoxy) is 2. The highest BCUT2D eigenvalue weighted by atomic mass is 35.5. The van der Waals surface area contributed by atoms with Gasteiger partial charge in [0.2, 0.25) is 0 Å². The molecular weight excluding hydrogens is 430 g/mol. The molecule has 3 rings (SSSR count). The SMILES string of the molecule is CCOC(=O)c1cnc(N2CC[C@H](NC(=O)c3nc(Cl)c(CC)[nH]3)[C@H](OCC)C2)s1. The van der Waals surface area contributed by atoms with Crippen molar-refractivity contribution in [3.05, 3.63) is 27.7 Å². The van der Waals surface area contributed by atoms with Gasteiger partial charge < -0.3 is 24.7 Å². The summed E-state index contributed by atoms with van der Waals surface area (Å²) in [6, 6.07) is -0.174. The van der Waals surface area contributed by atoms with Gasteiger partial charge in [0.1, 0.15) is 4.88 Å². The van der Waals surface area contributed by atoms with Crippen LogP contribution in [0, 0.1) is 0 Å². The van der Waals surface area contributed by atoms with Gasteiger partial charge in [0.05, 0.1) is 30.6 Å². The Kier molecular flexibility index (Phi) is 7.68. The highest BCUT2D eigenvalue weighted by molar-refractivity contribution is 7.17. The number of esters is 1. The van der Waals surface area contributed by atoms with Crippen molar-refractivity contribution in [2.45, 2.75) is 45.8 Å². The summed E-state index contributed by atoms with van der Waals surface area (Å²) in [5.41, 5.74) is 0.735. The molecule has 2 N–H and O–H groups in total. The first-order valence-corrected chi connectivity index (χ1v) is 11.2. The van der Waals surface area contributed by atoms with Crippen LogP contribution in [0.25, 0.3) is 0 Å². The molecule has 0 spiro atoms. The van der Waals surface area contributed by atoms with Crippen molar-refractivity contribution in [3.63, 3.8) is 0 Å². The molecule has 30 heavy (non-hydrogen) atoms. The molecule has 1 saturated heterocycles. The van der Waals surface area contributed by atoms with Crippen LogP contribution in [0.4, 0.5) is 5.13 Å². The fourth-order valence-electron chi connectivity index (χ4n) is 3.31. The maximum Gasteiger partial charge on any atom is 0.350 e. The third-order valence-electron chi connectivity index (χ3n) is 4.79. The summed E-state index contributed by atoms with van der Waals surface area (Å²) >= 11 is 7.34. The van der Waals surface area contributed by atoms with E-state index in [1.54, 1.807) is 6.92 Å². The van der Waals surface area contributed by atoms with Crippen molar-refractivity contribution in [2.75, 3.05) is 31.2 Å². The van der Waals surface area contributed by atoms with Crippen LogP contribution < -0.4 is 10.2 Å². The lowest BCUT2D eigenvalue weighted by molar-refractivity contribution is 0.0271. The van der Waals surface area contributed by atoms with E-state index in [0.29, 0.717) is 49.2 Å². The van der Waals surface area contributed by atoms with Gasteiger partial charge in [-0.3, -0.25) is 4.79 Å². The molecular formula is C19H26ClN5O4S. The normalized spacial score (nSPS) is 19.0. The molecule has 9 nitrogen and oxygen atoms in total. The Bertz CT molecular complexity index is 886. The number of halogens is 1. The van der Waals surface area contributed by atoms with Gasteiger partial charge in [-0.25, -0.2) is 14.8 Å². The molecule has 0 aromatic carbocycles. The third kappa shape index (κ3) is 5.11. The van der Waals surface area contributed by atoms with Crippen LogP contribution in [0.3, 0.4) is 0 Å². The highest BCUT2D eigenvalue weighted by Gasteiger charge is 2.33. The Morgan fingerprint density at radius 1 is 1.37 bits per heavy atom. The summed E-state index contributed by atoms with van der Waals surface area (Å²) < 4.78 is 10.9. The standard InChI is InChI=1S/C19H26ClN5O4S/c1-4-11-15(20)24-16(22-11)17(26)23-12-7-8-25(10-13(12)28-5-2)19-21-9-14(30-19)18(27)29-6-3/h9,12-13H,4-8,10H2,1-3H3,(H,22,24)(H,23,26)/t12-,13+/m0/s1. The fraction of sp³-hybridized carbons (Fsp3) is 0.579. The number of imidazole rings is 1. The number of aromatic nitrogens is 3. The minimum atomic E-state index is -0.367. The van der Waals surface area contributed by atoms with E-state index in [9.17, 15) is 9.59 Å². The average molecular weight is 456 g/mol. The number of hydrogen-bond donors (Lipinski definition) is 2. The van der Waals surface area contributed by atoms with Gasteiger partial charge in [-0.2, -0.15) is 0 Å². The molecule has 2 aromatic rings. The fourth-order valence-corrected chi connectivity index (χ4v) is 4.42. The van der Waals surface area contributed by atoms with E-state index in [-0.39, 0.29) is 29.8 Å². The maximum atomic E-state index is 12.6. The van der Waals surface area contributed by atoms with Crippen LogP contribution >= 0.6 is 22.9 Å². The van der Waals surface area contributed by atoms with E-state index in [4.69, 9.17) is 21.1 Å². The van der Waals surface area contributed by atoms with Gasteiger partial charge in [0.25, 0.3) is 5.91 Å². The quantitative estimate of drug-likeness (QED) is 0.589. The summed E-state index contributed by atoms with van der Waals surface area (Å²) in [6.07, 6.45) is 2.65. The van der Waals surface area contributed by atoms with E-state index in [2.05, 4.69) is 25.2 Å². The molecule has 2 aromatic heterocycles. The molecule has 0 radical (unpaired) electrons. The van der Waals surface area contributed by atoms with Crippen LogP contribution in [0.15, 0.2) is 6.20 Å². The summed E-state index contributed by atoms with van der Waals surface area (Å²) in [5, 5.41) is 4.07. The summed E-state index contributed by atoms with van der Waals surface area (Å²) in [6.45, 7) is 7.68. The Labute approximate surface area is 184 Å². The monoisotopic (exact) mass is 455 g/mol. The predicted octanol–water partition coefficient (Wildman–Crippen LogP) is 2.67. The summed E-state index contributed by atoms with van der Waals surface area (Å²) in [4.78, 5) is 38.5. The van der Waals surface area contributed by atoms with E-state index in [1.165, 1.54) is 17.5 Å². The molecule has 2 atom stereocenters. The van der Waals surface area contributed by atoms with Crippen molar-refractivity contribution >= 4 is 39.9 Å². The molecule has 0 saturated carbocycles. The summed E-state index contributed by atoms with van der Waals surface area (Å²) in [7, 11) is 0. The zero-order valence-corrected chi connectivity index (χ0v) is 18.8. The van der Waals surface area contributed by atoms with Gasteiger partial charge in [0.15, 0.2) is 16.1 Å². The number of piperidine rings is 1. The number of carbonyl (C=O) groups is 2. The minimum Gasteiger partial charge on any atom is -0.462 e. The average Bonchev–Trinajstić information content (AvgIpc) is 3.36. The van der Waals surface area contributed by atoms with Gasteiger partial charge in [-0.05, 0) is 26.7 Å². The highest BCUT2D eigenvalue weighted by Crippen LogP contribution is 2.27. The first-order valence-electron chi connectivity index (χ1n) is 10.0. The first-order chi connectivity index (χ1) is 14.5. The van der Waals surface area contributed by atoms with Crippen molar-refractivity contribution in [2.24, 2.45) is 0 Å². The van der Waals surface area contributed by atoms with Crippen molar-refractivity contribution in [1.29, 1.82) is 0 Å². The van der Waals surface area contributed by atoms with E-state index in [0.717, 1.165) is 10.8 Å². The number of anilines is 1. The zero-order valence-electron chi connectivity index (χ0n) is 17.2. The van der Waals surface area contributed by atoms with Crippen molar-refractivity contribution < 1.29 is 19.1 Å². The number of aromatic amines is 1. The predicted molar refractivity (Wildman–Crippen MR) is 115 cm³/mol. The lowest BCUT2D eigenvalue weighted by atomic mass is 10.0. The Hall–Kier alpha value is -2.17. The number of H-pyrrole nitrogens is 1. The molecule has 1 amide bonds. The Balaban J connectivity index is 1.66. The lowest BCUT2D eigenvalue weighted by Gasteiger charge is -2.38. The van der Waals surface area contributed by atoms with Crippen LogP contribution in [0.5, 0.6) is 0 Å². The number of nitrogens with one attached hydrogen (secondary N) is 2. The number of amides is 1. The molecule has 3 heterocycles. The van der Waals surface area contributed by atoms with Gasteiger partial charge in [-0.1, -0.05) is 29.9 Å². The second-order valence-corrected chi connectivity index (χ2v) is 8.11. The smallest absolute Gasteiger partial charge is 0.350 e. The van der Waals surface area contributed by atoms with E-state index in [1.807, 2.05) is 13.8 Å². The topological polar surface area (TPSA) is 109 Å². The molecule has 0 bridgehead atoms. The number of carbonyl (C=O) groups excluding carboxylic acids is 2. The number of aryl methyl sites for hydroxylation is 1. The molecule has 1 aliphatic rings. The van der Waals surface area contributed by atoms with Crippen LogP contribution in [-0.4, -0.2) is 65.3 Å². The van der Waals surface area contributed by atoms with E-state index >= 15 is 0 Å². The van der Waals surface area contributed by atoms with Gasteiger partial charge >= 0.3 is 5.97 Å². The van der Waals surface area contributed by atoms with Crippen molar-refractivity contribution in [1.82, 2.24) is 20.3 Å². The van der Waals surface area contributed by atoms with Crippen molar-refractivity contribution in [3.8, 4) is 0 Å². The third-order valence-corrected chi connectivity index (χ3v) is 6.14. The molecule has 0 aliphatic carbocycles. The number of rotatable bonds is 8. The molecule has 11 heteroatoms. The summed E-state index contributed by atoms with van der Waals surface area (Å²) in [5.74, 6) is -0.472. The maximum absolute atomic E-state index is 12.6. The van der Waals surface area contributed by atoms with Crippen LogP contribution in [0.2, 0.25) is 5.15 Å². The second kappa shape index (κ2) is 10.2.